The van der Waals surface area contributed by atoms with Crippen LogP contribution >= 0.6 is 11.3 Å². The highest BCUT2D eigenvalue weighted by Gasteiger charge is 2.24. The second kappa shape index (κ2) is 9.23. The summed E-state index contributed by atoms with van der Waals surface area (Å²) in [5.41, 5.74) is 3.12. The third kappa shape index (κ3) is 4.60. The molecule has 7 nitrogen and oxygen atoms in total. The van der Waals surface area contributed by atoms with Crippen LogP contribution in [0.5, 0.6) is 0 Å². The molecule has 0 atom stereocenters. The highest BCUT2D eigenvalue weighted by Crippen LogP contribution is 2.19. The van der Waals surface area contributed by atoms with Gasteiger partial charge in [-0.15, -0.1) is 0 Å². The van der Waals surface area contributed by atoms with Crippen LogP contribution in [0.15, 0.2) is 53.2 Å². The Morgan fingerprint density at radius 2 is 1.87 bits per heavy atom. The van der Waals surface area contributed by atoms with Crippen LogP contribution in [-0.2, 0) is 7.05 Å². The van der Waals surface area contributed by atoms with E-state index < -0.39 is 0 Å². The monoisotopic (exact) mass is 423 g/mol. The first-order chi connectivity index (χ1) is 14.6. The zero-order chi connectivity index (χ0) is 20.9. The van der Waals surface area contributed by atoms with Gasteiger partial charge in [-0.05, 0) is 17.5 Å². The summed E-state index contributed by atoms with van der Waals surface area (Å²) < 4.78 is 1.66. The largest absolute Gasteiger partial charge is 0.351 e. The van der Waals surface area contributed by atoms with E-state index in [1.165, 1.54) is 11.3 Å². The summed E-state index contributed by atoms with van der Waals surface area (Å²) in [5.74, 6) is -0.0203. The lowest BCUT2D eigenvalue weighted by atomic mass is 10.1. The third-order valence-corrected chi connectivity index (χ3v) is 6.01. The molecule has 1 fully saturated rings. The smallest absolute Gasteiger partial charge is 0.272 e. The number of carbonyl (C=O) groups excluding carboxylic acids is 2. The molecule has 0 bridgehead atoms. The van der Waals surface area contributed by atoms with Gasteiger partial charge in [-0.2, -0.15) is 16.4 Å². The molecule has 2 amide bonds. The van der Waals surface area contributed by atoms with Gasteiger partial charge in [0.2, 0.25) is 0 Å². The fraction of sp³-hybridized carbons (Fsp3) is 0.318. The summed E-state index contributed by atoms with van der Waals surface area (Å²) in [6.45, 7) is 4.31. The number of piperazine rings is 1. The summed E-state index contributed by atoms with van der Waals surface area (Å²) >= 11 is 1.52. The van der Waals surface area contributed by atoms with Crippen LogP contribution in [0.3, 0.4) is 0 Å². The predicted molar refractivity (Wildman–Crippen MR) is 118 cm³/mol. The number of aryl methyl sites for hydroxylation is 1. The molecular formula is C22H25N5O2S. The number of carbonyl (C=O) groups is 2. The fourth-order valence-electron chi connectivity index (χ4n) is 3.58. The number of nitrogens with one attached hydrogen (secondary N) is 1. The van der Waals surface area contributed by atoms with E-state index in [9.17, 15) is 9.59 Å². The molecule has 1 aliphatic rings. The summed E-state index contributed by atoms with van der Waals surface area (Å²) in [6, 6.07) is 13.6. The van der Waals surface area contributed by atoms with Crippen LogP contribution in [0.25, 0.3) is 11.3 Å². The van der Waals surface area contributed by atoms with Gasteiger partial charge >= 0.3 is 0 Å². The average Bonchev–Trinajstić information content (AvgIpc) is 3.44. The highest BCUT2D eigenvalue weighted by atomic mass is 32.1. The number of nitrogens with zero attached hydrogens (tertiary/aromatic N) is 4. The van der Waals surface area contributed by atoms with Crippen molar-refractivity contribution in [3.05, 3.63) is 64.5 Å². The Hall–Kier alpha value is -2.97. The predicted octanol–water partition coefficient (Wildman–Crippen LogP) is 2.34. The van der Waals surface area contributed by atoms with Crippen molar-refractivity contribution in [2.75, 3.05) is 39.3 Å². The van der Waals surface area contributed by atoms with E-state index in [4.69, 9.17) is 0 Å². The molecule has 3 aromatic rings. The molecule has 0 saturated carbocycles. The fourth-order valence-corrected chi connectivity index (χ4v) is 4.21. The molecule has 1 N–H and O–H groups in total. The first-order valence-electron chi connectivity index (χ1n) is 10.0. The SMILES string of the molecule is Cn1nc(-c2ccccc2)cc1C(=O)N1CCN(CCNC(=O)c2ccsc2)CC1. The second-order valence-electron chi connectivity index (χ2n) is 7.31. The topological polar surface area (TPSA) is 70.5 Å². The van der Waals surface area contributed by atoms with Crippen LogP contribution < -0.4 is 5.32 Å². The van der Waals surface area contributed by atoms with Crippen molar-refractivity contribution in [1.29, 1.82) is 0 Å². The molecule has 1 saturated heterocycles. The van der Waals surface area contributed by atoms with Crippen molar-refractivity contribution in [2.45, 2.75) is 0 Å². The van der Waals surface area contributed by atoms with Gasteiger partial charge in [0, 0.05) is 62.8 Å². The van der Waals surface area contributed by atoms with E-state index in [0.29, 0.717) is 30.9 Å². The zero-order valence-corrected chi connectivity index (χ0v) is 17.8. The maximum atomic E-state index is 13.0. The molecule has 8 heteroatoms. The van der Waals surface area contributed by atoms with Gasteiger partial charge < -0.3 is 10.2 Å². The lowest BCUT2D eigenvalue weighted by Gasteiger charge is -2.34. The van der Waals surface area contributed by atoms with Gasteiger partial charge in [0.1, 0.15) is 5.69 Å². The molecule has 0 spiro atoms. The van der Waals surface area contributed by atoms with Crippen molar-refractivity contribution in [3.8, 4) is 11.3 Å². The Bertz CT molecular complexity index is 992. The van der Waals surface area contributed by atoms with Crippen molar-refractivity contribution in [1.82, 2.24) is 24.9 Å². The molecule has 30 heavy (non-hydrogen) atoms. The molecule has 0 unspecified atom stereocenters. The maximum absolute atomic E-state index is 13.0. The van der Waals surface area contributed by atoms with E-state index in [1.807, 2.05) is 65.2 Å². The maximum Gasteiger partial charge on any atom is 0.272 e. The van der Waals surface area contributed by atoms with Crippen LogP contribution in [0.2, 0.25) is 0 Å². The standard InChI is InChI=1S/C22H25N5O2S/c1-25-20(15-19(24-25)17-5-3-2-4-6-17)22(29)27-12-10-26(11-13-27)9-8-23-21(28)18-7-14-30-16-18/h2-7,14-16H,8-13H2,1H3,(H,23,28). The van der Waals surface area contributed by atoms with Gasteiger partial charge in [0.25, 0.3) is 11.8 Å². The molecule has 0 aliphatic carbocycles. The van der Waals surface area contributed by atoms with Crippen molar-refractivity contribution >= 4 is 23.2 Å². The third-order valence-electron chi connectivity index (χ3n) is 5.32. The van der Waals surface area contributed by atoms with E-state index in [-0.39, 0.29) is 11.8 Å². The van der Waals surface area contributed by atoms with E-state index in [0.717, 1.165) is 30.9 Å². The Morgan fingerprint density at radius 3 is 2.57 bits per heavy atom. The molecule has 3 heterocycles. The van der Waals surface area contributed by atoms with E-state index in [2.05, 4.69) is 15.3 Å². The van der Waals surface area contributed by atoms with Gasteiger partial charge in [0.05, 0.1) is 5.69 Å². The van der Waals surface area contributed by atoms with Crippen LogP contribution in [0.4, 0.5) is 0 Å². The lowest BCUT2D eigenvalue weighted by Crippen LogP contribution is -2.50. The molecule has 156 valence electrons. The molecular weight excluding hydrogens is 398 g/mol. The van der Waals surface area contributed by atoms with E-state index in [1.54, 1.807) is 4.68 Å². The summed E-state index contributed by atoms with van der Waals surface area (Å²) in [5, 5.41) is 11.2. The van der Waals surface area contributed by atoms with Crippen LogP contribution in [0, 0.1) is 0 Å². The molecule has 1 aromatic carbocycles. The lowest BCUT2D eigenvalue weighted by molar-refractivity contribution is 0.0627. The molecule has 4 rings (SSSR count). The molecule has 1 aliphatic heterocycles. The van der Waals surface area contributed by atoms with Gasteiger partial charge in [-0.25, -0.2) is 0 Å². The first-order valence-corrected chi connectivity index (χ1v) is 11.0. The van der Waals surface area contributed by atoms with E-state index >= 15 is 0 Å². The Balaban J connectivity index is 1.27. The minimum atomic E-state index is -0.0320. The first kappa shape index (κ1) is 20.3. The summed E-state index contributed by atoms with van der Waals surface area (Å²) in [6.07, 6.45) is 0. The minimum absolute atomic E-state index is 0.0117. The quantitative estimate of drug-likeness (QED) is 0.661. The number of benzene rings is 1. The van der Waals surface area contributed by atoms with Gasteiger partial charge in [-0.1, -0.05) is 30.3 Å². The molecule has 2 aromatic heterocycles. The average molecular weight is 424 g/mol. The van der Waals surface area contributed by atoms with Crippen molar-refractivity contribution in [3.63, 3.8) is 0 Å². The second-order valence-corrected chi connectivity index (χ2v) is 8.09. The number of aromatic nitrogens is 2. The Kier molecular flexibility index (Phi) is 6.25. The Morgan fingerprint density at radius 1 is 1.10 bits per heavy atom. The van der Waals surface area contributed by atoms with Crippen molar-refractivity contribution < 1.29 is 9.59 Å². The van der Waals surface area contributed by atoms with Crippen LogP contribution in [-0.4, -0.2) is 70.7 Å². The van der Waals surface area contributed by atoms with Crippen LogP contribution in [0.1, 0.15) is 20.8 Å². The number of hydrogen-bond donors (Lipinski definition) is 1. The van der Waals surface area contributed by atoms with Gasteiger partial charge in [-0.3, -0.25) is 19.2 Å². The summed E-state index contributed by atoms with van der Waals surface area (Å²) in [4.78, 5) is 29.2. The van der Waals surface area contributed by atoms with Crippen molar-refractivity contribution in [2.24, 2.45) is 7.05 Å². The normalized spacial score (nSPS) is 14.6. The minimum Gasteiger partial charge on any atom is -0.351 e. The highest BCUT2D eigenvalue weighted by molar-refractivity contribution is 7.08. The number of hydrogen-bond acceptors (Lipinski definition) is 5. The number of rotatable bonds is 6. The summed E-state index contributed by atoms with van der Waals surface area (Å²) in [7, 11) is 1.81. The Labute approximate surface area is 179 Å². The number of thiophene rings is 1. The zero-order valence-electron chi connectivity index (χ0n) is 17.0. The molecule has 0 radical (unpaired) electrons. The number of amides is 2. The van der Waals surface area contributed by atoms with Gasteiger partial charge in [0.15, 0.2) is 0 Å².